The SMILES string of the molecule is CC(=O)Nc1ccccc1N1CC(SC(C)=O)CC1=O. The molecule has 1 unspecified atom stereocenters. The maximum atomic E-state index is 12.1. The van der Waals surface area contributed by atoms with Crippen molar-refractivity contribution in [1.29, 1.82) is 0 Å². The van der Waals surface area contributed by atoms with Gasteiger partial charge in [0.2, 0.25) is 11.8 Å². The van der Waals surface area contributed by atoms with E-state index in [2.05, 4.69) is 5.32 Å². The number of benzene rings is 1. The summed E-state index contributed by atoms with van der Waals surface area (Å²) in [5.74, 6) is -0.208. The average molecular weight is 292 g/mol. The van der Waals surface area contributed by atoms with Gasteiger partial charge in [-0.3, -0.25) is 14.4 Å². The summed E-state index contributed by atoms with van der Waals surface area (Å²) in [7, 11) is 0. The van der Waals surface area contributed by atoms with Crippen LogP contribution in [0.3, 0.4) is 0 Å². The summed E-state index contributed by atoms with van der Waals surface area (Å²) in [5.41, 5.74) is 1.29. The van der Waals surface area contributed by atoms with Crippen LogP contribution in [0.4, 0.5) is 11.4 Å². The van der Waals surface area contributed by atoms with Crippen LogP contribution in [0.25, 0.3) is 0 Å². The van der Waals surface area contributed by atoms with Crippen molar-refractivity contribution in [3.63, 3.8) is 0 Å². The van der Waals surface area contributed by atoms with Crippen molar-refractivity contribution in [2.24, 2.45) is 0 Å². The van der Waals surface area contributed by atoms with Crippen LogP contribution in [-0.4, -0.2) is 28.7 Å². The lowest BCUT2D eigenvalue weighted by Crippen LogP contribution is -2.26. The highest BCUT2D eigenvalue weighted by Crippen LogP contribution is 2.33. The molecular weight excluding hydrogens is 276 g/mol. The van der Waals surface area contributed by atoms with Crippen LogP contribution in [-0.2, 0) is 14.4 Å². The van der Waals surface area contributed by atoms with Gasteiger partial charge in [0.05, 0.1) is 11.4 Å². The fraction of sp³-hybridized carbons (Fsp3) is 0.357. The molecule has 0 bridgehead atoms. The molecule has 1 aliphatic rings. The molecule has 2 rings (SSSR count). The van der Waals surface area contributed by atoms with Crippen molar-refractivity contribution in [1.82, 2.24) is 0 Å². The smallest absolute Gasteiger partial charge is 0.228 e. The van der Waals surface area contributed by atoms with Crippen LogP contribution in [0.1, 0.15) is 20.3 Å². The summed E-state index contributed by atoms with van der Waals surface area (Å²) in [6.45, 7) is 3.42. The Balaban J connectivity index is 2.21. The lowest BCUT2D eigenvalue weighted by Gasteiger charge is -2.20. The standard InChI is InChI=1S/C14H16N2O3S/c1-9(17)15-12-5-3-4-6-13(12)16-8-11(7-14(16)19)20-10(2)18/h3-6,11H,7-8H2,1-2H3,(H,15,17). The lowest BCUT2D eigenvalue weighted by atomic mass is 10.2. The molecule has 2 amide bonds. The molecule has 1 saturated heterocycles. The van der Waals surface area contributed by atoms with Crippen molar-refractivity contribution < 1.29 is 14.4 Å². The molecule has 1 aromatic carbocycles. The minimum absolute atomic E-state index is 0.0137. The summed E-state index contributed by atoms with van der Waals surface area (Å²) in [6.07, 6.45) is 0.346. The van der Waals surface area contributed by atoms with E-state index in [1.165, 1.54) is 25.6 Å². The monoisotopic (exact) mass is 292 g/mol. The largest absolute Gasteiger partial charge is 0.325 e. The highest BCUT2D eigenvalue weighted by atomic mass is 32.2. The highest BCUT2D eigenvalue weighted by Gasteiger charge is 2.32. The first kappa shape index (κ1) is 14.6. The van der Waals surface area contributed by atoms with E-state index in [4.69, 9.17) is 0 Å². The molecule has 1 N–H and O–H groups in total. The molecule has 0 saturated carbocycles. The second-order valence-corrected chi connectivity index (χ2v) is 6.12. The number of nitrogens with one attached hydrogen (secondary N) is 1. The molecule has 1 heterocycles. The number of thioether (sulfide) groups is 1. The summed E-state index contributed by atoms with van der Waals surface area (Å²) < 4.78 is 0. The van der Waals surface area contributed by atoms with Crippen molar-refractivity contribution in [3.8, 4) is 0 Å². The van der Waals surface area contributed by atoms with E-state index in [1.54, 1.807) is 23.1 Å². The second-order valence-electron chi connectivity index (χ2n) is 4.64. The fourth-order valence-electron chi connectivity index (χ4n) is 2.23. The number of para-hydroxylation sites is 2. The number of amides is 2. The van der Waals surface area contributed by atoms with E-state index < -0.39 is 0 Å². The number of rotatable bonds is 3. The number of anilines is 2. The maximum absolute atomic E-state index is 12.1. The van der Waals surface area contributed by atoms with E-state index in [0.29, 0.717) is 24.3 Å². The van der Waals surface area contributed by atoms with E-state index in [9.17, 15) is 14.4 Å². The van der Waals surface area contributed by atoms with Gasteiger partial charge in [-0.1, -0.05) is 23.9 Å². The molecule has 0 aliphatic carbocycles. The Bertz CT molecular complexity index is 559. The van der Waals surface area contributed by atoms with Crippen LogP contribution in [0.15, 0.2) is 24.3 Å². The summed E-state index contributed by atoms with van der Waals surface area (Å²) in [6, 6.07) is 7.18. The molecule has 1 aromatic rings. The molecular formula is C14H16N2O3S. The van der Waals surface area contributed by atoms with Crippen molar-refractivity contribution in [2.45, 2.75) is 25.5 Å². The van der Waals surface area contributed by atoms with E-state index >= 15 is 0 Å². The topological polar surface area (TPSA) is 66.5 Å². The minimum atomic E-state index is -0.182. The molecule has 20 heavy (non-hydrogen) atoms. The van der Waals surface area contributed by atoms with Crippen LogP contribution in [0.5, 0.6) is 0 Å². The summed E-state index contributed by atoms with van der Waals surface area (Å²) in [5, 5.41) is 2.71. The molecule has 5 nitrogen and oxygen atoms in total. The van der Waals surface area contributed by atoms with Crippen LogP contribution in [0, 0.1) is 0 Å². The minimum Gasteiger partial charge on any atom is -0.325 e. The first-order chi connectivity index (χ1) is 9.47. The van der Waals surface area contributed by atoms with Gasteiger partial charge in [0.15, 0.2) is 5.12 Å². The van der Waals surface area contributed by atoms with Gasteiger partial charge in [-0.05, 0) is 12.1 Å². The van der Waals surface area contributed by atoms with Gasteiger partial charge in [0.25, 0.3) is 0 Å². The van der Waals surface area contributed by atoms with E-state index in [-0.39, 0.29) is 22.2 Å². The van der Waals surface area contributed by atoms with Crippen molar-refractivity contribution >= 4 is 40.1 Å². The van der Waals surface area contributed by atoms with Gasteiger partial charge in [-0.25, -0.2) is 0 Å². The van der Waals surface area contributed by atoms with Gasteiger partial charge in [-0.2, -0.15) is 0 Å². The zero-order chi connectivity index (χ0) is 14.7. The van der Waals surface area contributed by atoms with Crippen molar-refractivity contribution in [3.05, 3.63) is 24.3 Å². The van der Waals surface area contributed by atoms with Crippen LogP contribution >= 0.6 is 11.8 Å². The Morgan fingerprint density at radius 1 is 1.30 bits per heavy atom. The van der Waals surface area contributed by atoms with Gasteiger partial charge < -0.3 is 10.2 Å². The summed E-state index contributed by atoms with van der Waals surface area (Å²) in [4.78, 5) is 36.1. The third-order valence-electron chi connectivity index (χ3n) is 2.93. The first-order valence-corrected chi connectivity index (χ1v) is 7.19. The van der Waals surface area contributed by atoms with E-state index in [1.807, 2.05) is 6.07 Å². The molecule has 0 radical (unpaired) electrons. The van der Waals surface area contributed by atoms with Gasteiger partial charge in [0, 0.05) is 32.1 Å². The third kappa shape index (κ3) is 3.39. The normalized spacial score (nSPS) is 18.2. The first-order valence-electron chi connectivity index (χ1n) is 6.31. The van der Waals surface area contributed by atoms with Gasteiger partial charge in [0.1, 0.15) is 0 Å². The Morgan fingerprint density at radius 2 is 2.00 bits per heavy atom. The number of hydrogen-bond donors (Lipinski definition) is 1. The fourth-order valence-corrected chi connectivity index (χ4v) is 3.14. The zero-order valence-electron chi connectivity index (χ0n) is 11.4. The number of carbonyl (C=O) groups excluding carboxylic acids is 3. The predicted molar refractivity (Wildman–Crippen MR) is 79.8 cm³/mol. The Labute approximate surface area is 121 Å². The number of hydrogen-bond acceptors (Lipinski definition) is 4. The van der Waals surface area contributed by atoms with Crippen LogP contribution < -0.4 is 10.2 Å². The number of nitrogens with zero attached hydrogens (tertiary/aromatic N) is 1. The maximum Gasteiger partial charge on any atom is 0.228 e. The molecule has 0 aromatic heterocycles. The Kier molecular flexibility index (Phi) is 4.44. The molecule has 1 aliphatic heterocycles. The van der Waals surface area contributed by atoms with Crippen LogP contribution in [0.2, 0.25) is 0 Å². The quantitative estimate of drug-likeness (QED) is 0.925. The second kappa shape index (κ2) is 6.09. The molecule has 0 spiro atoms. The molecule has 1 fully saturated rings. The Hall–Kier alpha value is -1.82. The third-order valence-corrected chi connectivity index (χ3v) is 3.91. The van der Waals surface area contributed by atoms with Crippen molar-refractivity contribution in [2.75, 3.05) is 16.8 Å². The van der Waals surface area contributed by atoms with E-state index in [0.717, 1.165) is 0 Å². The Morgan fingerprint density at radius 3 is 2.65 bits per heavy atom. The molecule has 106 valence electrons. The summed E-state index contributed by atoms with van der Waals surface area (Å²) >= 11 is 1.20. The zero-order valence-corrected chi connectivity index (χ0v) is 12.2. The number of carbonyl (C=O) groups is 3. The average Bonchev–Trinajstić information content (AvgIpc) is 2.69. The molecule has 1 atom stereocenters. The molecule has 6 heteroatoms. The van der Waals surface area contributed by atoms with Gasteiger partial charge >= 0.3 is 0 Å². The highest BCUT2D eigenvalue weighted by molar-refractivity contribution is 8.14. The van der Waals surface area contributed by atoms with Gasteiger partial charge in [-0.15, -0.1) is 0 Å². The predicted octanol–water partition coefficient (Wildman–Crippen LogP) is 2.03. The lowest BCUT2D eigenvalue weighted by molar-refractivity contribution is -0.117.